The highest BCUT2D eigenvalue weighted by atomic mass is 35.5. The molecule has 0 radical (unpaired) electrons. The second-order valence-corrected chi connectivity index (χ2v) is 11.6. The zero-order valence-electron chi connectivity index (χ0n) is 21.0. The van der Waals surface area contributed by atoms with Crippen LogP contribution in [0.4, 0.5) is 37.7 Å². The molecule has 0 aliphatic carbocycles. The van der Waals surface area contributed by atoms with Crippen LogP contribution in [0.5, 0.6) is 0 Å². The molecule has 0 amide bonds. The summed E-state index contributed by atoms with van der Waals surface area (Å²) in [4.78, 5) is 3.90. The molecular formula is C24H12Cl2F6N4O6S2. The van der Waals surface area contributed by atoms with Crippen LogP contribution in [-0.2, 0) is 32.6 Å². The highest BCUT2D eigenvalue weighted by Crippen LogP contribution is 2.38. The molecule has 4 rings (SSSR count). The molecule has 232 valence electrons. The normalized spacial score (nSPS) is 11.7. The summed E-state index contributed by atoms with van der Waals surface area (Å²) in [5, 5.41) is 16.2. The number of benzene rings is 4. The average Bonchev–Trinajstić information content (AvgIpc) is 2.91. The average molecular weight is 701 g/mol. The monoisotopic (exact) mass is 700 g/mol. The van der Waals surface area contributed by atoms with Crippen LogP contribution in [0.3, 0.4) is 0 Å². The molecular weight excluding hydrogens is 689 g/mol. The fraction of sp³-hybridized carbons (Fsp3) is 0.0833. The molecule has 0 fully saturated rings. The maximum atomic E-state index is 12.2. The number of nitrogens with zero attached hydrogens (tertiary/aromatic N) is 4. The first-order chi connectivity index (χ1) is 20.1. The highest BCUT2D eigenvalue weighted by Gasteiger charge is 2.39. The van der Waals surface area contributed by atoms with E-state index < -0.39 is 64.9 Å². The Balaban J connectivity index is 0.000000235. The van der Waals surface area contributed by atoms with Gasteiger partial charge in [-0.25, -0.2) is 16.8 Å². The third kappa shape index (κ3) is 9.48. The molecule has 0 atom stereocenters. The van der Waals surface area contributed by atoms with Crippen LogP contribution >= 0.6 is 23.2 Å². The van der Waals surface area contributed by atoms with Crippen LogP contribution in [-0.4, -0.2) is 25.9 Å². The van der Waals surface area contributed by atoms with Gasteiger partial charge >= 0.3 is 23.7 Å². The molecule has 0 heterocycles. The van der Waals surface area contributed by atoms with Gasteiger partial charge in [-0.1, -0.05) is 47.5 Å². The number of rotatable bonds is 2. The van der Waals surface area contributed by atoms with Gasteiger partial charge in [0.2, 0.25) is 10.8 Å². The molecule has 10 nitrogen and oxygen atoms in total. The molecule has 0 aromatic heterocycles. The van der Waals surface area contributed by atoms with Gasteiger partial charge in [0.05, 0.1) is 9.79 Å². The van der Waals surface area contributed by atoms with E-state index >= 15 is 0 Å². The molecule has 0 saturated heterocycles. The SMILES string of the molecule is N#[N+]c1ccc(Cl)cc1C(F)(F)F.N#[N+]c1ccc(Cl)cc1C(F)(F)F.O=S(=O)([O-])c1cccc2c(S(=O)(=O)[O-])cccc12. The van der Waals surface area contributed by atoms with Gasteiger partial charge in [-0.15, -0.1) is 0 Å². The van der Waals surface area contributed by atoms with Gasteiger partial charge in [-0.3, -0.25) is 0 Å². The topological polar surface area (TPSA) is 171 Å². The van der Waals surface area contributed by atoms with E-state index in [2.05, 4.69) is 9.95 Å². The number of diazo groups is 2. The third-order valence-electron chi connectivity index (χ3n) is 5.12. The summed E-state index contributed by atoms with van der Waals surface area (Å²) in [6, 6.07) is 12.9. The zero-order chi connectivity index (χ0) is 33.7. The summed E-state index contributed by atoms with van der Waals surface area (Å²) in [5.74, 6) is 0. The Morgan fingerprint density at radius 1 is 0.591 bits per heavy atom. The van der Waals surface area contributed by atoms with Crippen LogP contribution in [0.1, 0.15) is 11.1 Å². The number of alkyl halides is 6. The van der Waals surface area contributed by atoms with Crippen LogP contribution in [0, 0.1) is 10.8 Å². The zero-order valence-corrected chi connectivity index (χ0v) is 24.2. The molecule has 0 unspecified atom stereocenters. The first-order valence-electron chi connectivity index (χ1n) is 11.0. The number of halogens is 8. The minimum Gasteiger partial charge on any atom is -0.744 e. The van der Waals surface area contributed by atoms with Crippen LogP contribution in [0.15, 0.2) is 82.6 Å². The van der Waals surface area contributed by atoms with Crippen molar-refractivity contribution in [1.29, 1.82) is 10.8 Å². The van der Waals surface area contributed by atoms with Gasteiger partial charge in [-0.2, -0.15) is 26.3 Å². The molecule has 20 heteroatoms. The van der Waals surface area contributed by atoms with Gasteiger partial charge in [0, 0.05) is 33.0 Å². The van der Waals surface area contributed by atoms with Gasteiger partial charge in [0.25, 0.3) is 0 Å². The van der Waals surface area contributed by atoms with E-state index in [1.807, 2.05) is 0 Å². The minimum absolute atomic E-state index is 0.0558. The predicted octanol–water partition coefficient (Wildman–Crippen LogP) is 8.33. The standard InChI is InChI=1S/C10H8O6S2.2C7H3ClF3N2/c11-17(12,13)9-5-1-3-7-8(9)4-2-6-10(7)18(14,15)16;2*8-4-1-2-6(13-12)5(3-4)7(9,10)11/h1-6H,(H,11,12,13)(H,14,15,16);2*1-3H/q;2*+1/p-2. The third-order valence-corrected chi connectivity index (χ3v) is 7.38. The lowest BCUT2D eigenvalue weighted by Gasteiger charge is -2.14. The van der Waals surface area contributed by atoms with Crippen molar-refractivity contribution in [2.75, 3.05) is 0 Å². The first-order valence-corrected chi connectivity index (χ1v) is 14.6. The fourth-order valence-corrected chi connectivity index (χ4v) is 5.06. The Hall–Kier alpha value is -4.04. The number of fused-ring (bicyclic) bond motifs is 1. The molecule has 0 bridgehead atoms. The first kappa shape index (κ1) is 36.2. The van der Waals surface area contributed by atoms with Crippen molar-refractivity contribution in [3.05, 3.63) is 104 Å². The Labute approximate surface area is 254 Å². The van der Waals surface area contributed by atoms with E-state index in [1.165, 1.54) is 36.4 Å². The lowest BCUT2D eigenvalue weighted by atomic mass is 10.1. The predicted molar refractivity (Wildman–Crippen MR) is 142 cm³/mol. The summed E-state index contributed by atoms with van der Waals surface area (Å²) in [7, 11) is -9.48. The fourth-order valence-electron chi connectivity index (χ4n) is 3.33. The van der Waals surface area contributed by atoms with E-state index in [-0.39, 0.29) is 20.8 Å². The van der Waals surface area contributed by atoms with Gasteiger partial charge in [0.15, 0.2) is 21.1 Å². The second kappa shape index (κ2) is 13.7. The molecule has 0 spiro atoms. The Kier molecular flexibility index (Phi) is 11.3. The lowest BCUT2D eigenvalue weighted by molar-refractivity contribution is -0.137. The second-order valence-electron chi connectivity index (χ2n) is 8.03. The number of hydrogen-bond acceptors (Lipinski definition) is 8. The summed E-state index contributed by atoms with van der Waals surface area (Å²) >= 11 is 10.7. The maximum absolute atomic E-state index is 12.2. The highest BCUT2D eigenvalue weighted by molar-refractivity contribution is 7.86. The van der Waals surface area contributed by atoms with Crippen molar-refractivity contribution in [3.63, 3.8) is 0 Å². The minimum atomic E-state index is -4.74. The Bertz CT molecular complexity index is 1870. The Morgan fingerprint density at radius 3 is 1.16 bits per heavy atom. The quantitative estimate of drug-likeness (QED) is 0.114. The molecule has 0 aliphatic heterocycles. The molecule has 0 aliphatic rings. The van der Waals surface area contributed by atoms with Crippen LogP contribution < -0.4 is 0 Å². The molecule has 4 aromatic carbocycles. The largest absolute Gasteiger partial charge is 0.744 e. The van der Waals surface area contributed by atoms with Crippen molar-refractivity contribution in [2.24, 2.45) is 0 Å². The van der Waals surface area contributed by atoms with E-state index in [9.17, 15) is 52.3 Å². The van der Waals surface area contributed by atoms with Crippen molar-refractivity contribution >= 4 is 65.6 Å². The summed E-state index contributed by atoms with van der Waals surface area (Å²) in [6.45, 7) is 0. The van der Waals surface area contributed by atoms with Crippen LogP contribution in [0.25, 0.3) is 20.7 Å². The maximum Gasteiger partial charge on any atom is 0.424 e. The van der Waals surface area contributed by atoms with Crippen molar-refractivity contribution in [3.8, 4) is 0 Å². The molecule has 4 aromatic rings. The molecule has 0 saturated carbocycles. The van der Waals surface area contributed by atoms with Crippen LogP contribution in [0.2, 0.25) is 10.0 Å². The Morgan fingerprint density at radius 2 is 0.909 bits per heavy atom. The van der Waals surface area contributed by atoms with Crippen molar-refractivity contribution in [1.82, 2.24) is 0 Å². The summed E-state index contributed by atoms with van der Waals surface area (Å²) in [5.41, 5.74) is -3.20. The number of hydrogen-bond donors (Lipinski definition) is 0. The smallest absolute Gasteiger partial charge is 0.424 e. The van der Waals surface area contributed by atoms with E-state index in [1.54, 1.807) is 0 Å². The van der Waals surface area contributed by atoms with Gasteiger partial charge < -0.3 is 9.11 Å². The summed E-state index contributed by atoms with van der Waals surface area (Å²) in [6.07, 6.45) is -9.13. The van der Waals surface area contributed by atoms with Crippen molar-refractivity contribution < 1.29 is 52.3 Å². The van der Waals surface area contributed by atoms with E-state index in [0.29, 0.717) is 12.1 Å². The summed E-state index contributed by atoms with van der Waals surface area (Å²) < 4.78 is 139. The van der Waals surface area contributed by atoms with Gasteiger partial charge in [0.1, 0.15) is 20.2 Å². The van der Waals surface area contributed by atoms with E-state index in [4.69, 9.17) is 34.0 Å². The lowest BCUT2D eigenvalue weighted by Crippen LogP contribution is -2.04. The molecule has 44 heavy (non-hydrogen) atoms. The molecule has 0 N–H and O–H groups in total. The van der Waals surface area contributed by atoms with Gasteiger partial charge in [-0.05, 0) is 36.4 Å². The van der Waals surface area contributed by atoms with E-state index in [0.717, 1.165) is 24.3 Å². The van der Waals surface area contributed by atoms with Crippen molar-refractivity contribution in [2.45, 2.75) is 22.1 Å².